The molecule has 0 bridgehead atoms. The minimum Gasteiger partial charge on any atom is -0.493 e. The minimum absolute atomic E-state index is 0.167. The van der Waals surface area contributed by atoms with Crippen molar-refractivity contribution in [3.8, 4) is 5.75 Å². The Morgan fingerprint density at radius 2 is 2.00 bits per heavy atom. The van der Waals surface area contributed by atoms with Crippen LogP contribution in [0.25, 0.3) is 0 Å². The fraction of sp³-hybridized carbons (Fsp3) is 0.667. The van der Waals surface area contributed by atoms with E-state index < -0.39 is 0 Å². The number of rotatable bonds is 1. The van der Waals surface area contributed by atoms with Crippen molar-refractivity contribution in [2.45, 2.75) is 50.2 Å². The van der Waals surface area contributed by atoms with E-state index in [1.807, 2.05) is 12.1 Å². The predicted molar refractivity (Wildman–Crippen MR) is 84.9 cm³/mol. The molecule has 4 heteroatoms. The first-order valence-electron chi connectivity index (χ1n) is 8.48. The summed E-state index contributed by atoms with van der Waals surface area (Å²) in [7, 11) is 0. The first-order valence-corrected chi connectivity index (χ1v) is 8.48. The molecule has 1 saturated carbocycles. The van der Waals surface area contributed by atoms with Gasteiger partial charge >= 0.3 is 0 Å². The number of benzene rings is 1. The van der Waals surface area contributed by atoms with Crippen molar-refractivity contribution in [2.24, 2.45) is 5.92 Å². The molecule has 1 aliphatic carbocycles. The minimum atomic E-state index is -0.332. The van der Waals surface area contributed by atoms with Crippen LogP contribution in [0, 0.1) is 5.92 Å². The molecule has 3 aliphatic rings. The average molecular weight is 303 g/mol. The molecule has 22 heavy (non-hydrogen) atoms. The molecule has 2 heterocycles. The van der Waals surface area contributed by atoms with Crippen LogP contribution in [-0.4, -0.2) is 25.6 Å². The van der Waals surface area contributed by atoms with Gasteiger partial charge in [0.15, 0.2) is 5.79 Å². The molecule has 120 valence electrons. The maximum absolute atomic E-state index is 6.04. The van der Waals surface area contributed by atoms with E-state index in [1.54, 1.807) is 0 Å². The molecule has 2 fully saturated rings. The first-order chi connectivity index (χ1) is 10.7. The second-order valence-electron chi connectivity index (χ2n) is 6.91. The molecule has 1 aromatic rings. The largest absolute Gasteiger partial charge is 0.493 e. The molecule has 0 aromatic heterocycles. The summed E-state index contributed by atoms with van der Waals surface area (Å²) in [6.45, 7) is 4.51. The molecule has 2 N–H and O–H groups in total. The van der Waals surface area contributed by atoms with Crippen LogP contribution < -0.4 is 10.5 Å². The summed E-state index contributed by atoms with van der Waals surface area (Å²) in [5, 5.41) is 0. The standard InChI is InChI=1S/C18H25NO3/c1-2-17-6-7-18(21-9-10-22-18)12-13(17)5-8-20-16-11-14(19)3-4-15(16)17/h3-4,11,13H,2,5-10,12,19H2,1H3/t13-,17+/m1/s1. The lowest BCUT2D eigenvalue weighted by molar-refractivity contribution is -0.199. The van der Waals surface area contributed by atoms with Gasteiger partial charge < -0.3 is 19.9 Å². The third-order valence-corrected chi connectivity index (χ3v) is 6.00. The van der Waals surface area contributed by atoms with Gasteiger partial charge in [0.25, 0.3) is 0 Å². The van der Waals surface area contributed by atoms with Gasteiger partial charge in [-0.05, 0) is 31.2 Å². The number of fused-ring (bicyclic) bond motifs is 3. The second-order valence-corrected chi connectivity index (χ2v) is 6.91. The Morgan fingerprint density at radius 1 is 1.18 bits per heavy atom. The zero-order valence-electron chi connectivity index (χ0n) is 13.3. The lowest BCUT2D eigenvalue weighted by atomic mass is 9.59. The monoisotopic (exact) mass is 303 g/mol. The molecule has 4 rings (SSSR count). The second kappa shape index (κ2) is 5.14. The summed E-state index contributed by atoms with van der Waals surface area (Å²) in [5.41, 5.74) is 8.24. The highest BCUT2D eigenvalue weighted by Gasteiger charge is 2.53. The van der Waals surface area contributed by atoms with Gasteiger partial charge in [0.1, 0.15) is 5.75 Å². The van der Waals surface area contributed by atoms with Crippen molar-refractivity contribution in [2.75, 3.05) is 25.6 Å². The third-order valence-electron chi connectivity index (χ3n) is 6.00. The summed E-state index contributed by atoms with van der Waals surface area (Å²) in [6.07, 6.45) is 5.22. The highest BCUT2D eigenvalue weighted by molar-refractivity contribution is 5.52. The predicted octanol–water partition coefficient (Wildman–Crippen LogP) is 3.24. The summed E-state index contributed by atoms with van der Waals surface area (Å²) in [5.74, 6) is 1.18. The number of anilines is 1. The highest BCUT2D eigenvalue weighted by atomic mass is 16.7. The van der Waals surface area contributed by atoms with Crippen molar-refractivity contribution in [3.05, 3.63) is 23.8 Å². The van der Waals surface area contributed by atoms with Crippen LogP contribution in [0.15, 0.2) is 18.2 Å². The molecule has 0 radical (unpaired) electrons. The van der Waals surface area contributed by atoms with Gasteiger partial charge in [0.05, 0.1) is 19.8 Å². The lowest BCUT2D eigenvalue weighted by Crippen LogP contribution is -2.48. The van der Waals surface area contributed by atoms with E-state index in [-0.39, 0.29) is 11.2 Å². The van der Waals surface area contributed by atoms with E-state index in [1.165, 1.54) is 5.56 Å². The Labute approximate surface area is 131 Å². The van der Waals surface area contributed by atoms with Gasteiger partial charge in [-0.15, -0.1) is 0 Å². The van der Waals surface area contributed by atoms with E-state index in [2.05, 4.69) is 13.0 Å². The van der Waals surface area contributed by atoms with Gasteiger partial charge in [-0.3, -0.25) is 0 Å². The van der Waals surface area contributed by atoms with E-state index in [9.17, 15) is 0 Å². The van der Waals surface area contributed by atoms with Crippen LogP contribution >= 0.6 is 0 Å². The zero-order valence-corrected chi connectivity index (χ0v) is 13.3. The number of nitrogen functional groups attached to an aromatic ring is 1. The van der Waals surface area contributed by atoms with Crippen molar-refractivity contribution < 1.29 is 14.2 Å². The average Bonchev–Trinajstić information content (AvgIpc) is 2.90. The van der Waals surface area contributed by atoms with Gasteiger partial charge in [0, 0.05) is 35.6 Å². The lowest BCUT2D eigenvalue weighted by Gasteiger charge is -2.49. The summed E-state index contributed by atoms with van der Waals surface area (Å²) in [6, 6.07) is 6.18. The molecule has 0 unspecified atom stereocenters. The topological polar surface area (TPSA) is 53.7 Å². The Morgan fingerprint density at radius 3 is 2.77 bits per heavy atom. The fourth-order valence-corrected chi connectivity index (χ4v) is 4.82. The van der Waals surface area contributed by atoms with Crippen molar-refractivity contribution in [1.29, 1.82) is 0 Å². The molecule has 1 saturated heterocycles. The van der Waals surface area contributed by atoms with E-state index in [0.29, 0.717) is 5.92 Å². The molecule has 1 spiro atoms. The van der Waals surface area contributed by atoms with Crippen LogP contribution in [0.4, 0.5) is 5.69 Å². The van der Waals surface area contributed by atoms with Gasteiger partial charge in [-0.25, -0.2) is 0 Å². The number of ether oxygens (including phenoxy) is 3. The number of hydrogen-bond acceptors (Lipinski definition) is 4. The maximum atomic E-state index is 6.04. The SMILES string of the molecule is CC[C@]12CCC3(C[C@H]1CCOc1cc(N)ccc12)OCCO3. The van der Waals surface area contributed by atoms with Gasteiger partial charge in [0.2, 0.25) is 0 Å². The molecular weight excluding hydrogens is 278 g/mol. The molecule has 0 amide bonds. The summed E-state index contributed by atoms with van der Waals surface area (Å²) < 4.78 is 18.0. The van der Waals surface area contributed by atoms with E-state index in [4.69, 9.17) is 19.9 Å². The van der Waals surface area contributed by atoms with Crippen molar-refractivity contribution in [3.63, 3.8) is 0 Å². The van der Waals surface area contributed by atoms with Crippen LogP contribution in [0.5, 0.6) is 5.75 Å². The van der Waals surface area contributed by atoms with Crippen molar-refractivity contribution in [1.82, 2.24) is 0 Å². The Balaban J connectivity index is 1.75. The van der Waals surface area contributed by atoms with Crippen LogP contribution in [0.2, 0.25) is 0 Å². The van der Waals surface area contributed by atoms with E-state index in [0.717, 1.165) is 63.4 Å². The Kier molecular flexibility index (Phi) is 3.35. The normalized spacial score (nSPS) is 32.9. The highest BCUT2D eigenvalue weighted by Crippen LogP contribution is 2.55. The smallest absolute Gasteiger partial charge is 0.168 e. The number of nitrogens with two attached hydrogens (primary N) is 1. The van der Waals surface area contributed by atoms with E-state index >= 15 is 0 Å². The van der Waals surface area contributed by atoms with Crippen LogP contribution in [0.1, 0.15) is 44.6 Å². The quantitative estimate of drug-likeness (QED) is 0.809. The summed E-state index contributed by atoms with van der Waals surface area (Å²) >= 11 is 0. The summed E-state index contributed by atoms with van der Waals surface area (Å²) in [4.78, 5) is 0. The molecule has 2 atom stereocenters. The van der Waals surface area contributed by atoms with Gasteiger partial charge in [-0.1, -0.05) is 13.0 Å². The molecule has 2 aliphatic heterocycles. The van der Waals surface area contributed by atoms with Gasteiger partial charge in [-0.2, -0.15) is 0 Å². The molecule has 4 nitrogen and oxygen atoms in total. The molecule has 1 aromatic carbocycles. The third kappa shape index (κ3) is 2.04. The molecular formula is C18H25NO3. The zero-order chi connectivity index (χ0) is 15.2. The first kappa shape index (κ1) is 14.3. The van der Waals surface area contributed by atoms with Crippen LogP contribution in [-0.2, 0) is 14.9 Å². The Hall–Kier alpha value is -1.26. The van der Waals surface area contributed by atoms with Crippen LogP contribution in [0.3, 0.4) is 0 Å². The Bertz CT molecular complexity index is 567. The maximum Gasteiger partial charge on any atom is 0.168 e. The fourth-order valence-electron chi connectivity index (χ4n) is 4.82. The number of hydrogen-bond donors (Lipinski definition) is 1. The van der Waals surface area contributed by atoms with Crippen molar-refractivity contribution >= 4 is 5.69 Å².